The lowest BCUT2D eigenvalue weighted by atomic mass is 10.1. The number of hydrogen-bond donors (Lipinski definition) is 2. The van der Waals surface area contributed by atoms with Gasteiger partial charge in [-0.3, -0.25) is 4.98 Å². The van der Waals surface area contributed by atoms with Crippen molar-refractivity contribution >= 4 is 5.84 Å². The molecule has 0 aromatic carbocycles. The Kier molecular flexibility index (Phi) is 5.11. The van der Waals surface area contributed by atoms with Crippen LogP contribution in [0.5, 0.6) is 0 Å². The van der Waals surface area contributed by atoms with E-state index in [0.717, 1.165) is 25.0 Å². The summed E-state index contributed by atoms with van der Waals surface area (Å²) in [5.41, 5.74) is 6.82. The third-order valence-corrected chi connectivity index (χ3v) is 3.08. The van der Waals surface area contributed by atoms with Gasteiger partial charge in [-0.05, 0) is 25.3 Å². The number of nitrogens with two attached hydrogens (primary N) is 1. The Morgan fingerprint density at radius 3 is 3.21 bits per heavy atom. The molecule has 1 aliphatic heterocycles. The van der Waals surface area contributed by atoms with Crippen LogP contribution in [0.1, 0.15) is 30.5 Å². The van der Waals surface area contributed by atoms with E-state index in [-0.39, 0.29) is 11.9 Å². The molecule has 0 spiro atoms. The minimum atomic E-state index is -0.00637. The summed E-state index contributed by atoms with van der Waals surface area (Å²) in [6.07, 6.45) is 5.14. The highest BCUT2D eigenvalue weighted by molar-refractivity contribution is 5.96. The molecule has 2 rings (SSSR count). The van der Waals surface area contributed by atoms with Crippen molar-refractivity contribution < 1.29 is 14.7 Å². The number of hydrogen-bond acceptors (Lipinski definition) is 5. The smallest absolute Gasteiger partial charge is 0.189 e. The Morgan fingerprint density at radius 1 is 1.58 bits per heavy atom. The molecule has 0 bridgehead atoms. The zero-order chi connectivity index (χ0) is 13.5. The molecule has 1 fully saturated rings. The van der Waals surface area contributed by atoms with E-state index in [2.05, 4.69) is 10.1 Å². The Bertz CT molecular complexity index is 431. The molecule has 1 atom stereocenters. The molecular formula is C13H19N3O3. The SMILES string of the molecule is NC(=NO)c1ncccc1COCC1CCCCO1. The van der Waals surface area contributed by atoms with Gasteiger partial charge < -0.3 is 20.4 Å². The van der Waals surface area contributed by atoms with Gasteiger partial charge in [0.15, 0.2) is 5.84 Å². The van der Waals surface area contributed by atoms with Crippen LogP contribution in [0.15, 0.2) is 23.5 Å². The molecule has 6 nitrogen and oxygen atoms in total. The number of amidine groups is 1. The van der Waals surface area contributed by atoms with Gasteiger partial charge in [0.05, 0.1) is 19.3 Å². The van der Waals surface area contributed by atoms with Crippen molar-refractivity contribution in [1.29, 1.82) is 0 Å². The average molecular weight is 265 g/mol. The molecule has 1 unspecified atom stereocenters. The summed E-state index contributed by atoms with van der Waals surface area (Å²) in [5, 5.41) is 11.7. The highest BCUT2D eigenvalue weighted by atomic mass is 16.5. The van der Waals surface area contributed by atoms with Crippen molar-refractivity contribution in [2.45, 2.75) is 32.0 Å². The predicted molar refractivity (Wildman–Crippen MR) is 70.0 cm³/mol. The van der Waals surface area contributed by atoms with Crippen molar-refractivity contribution in [1.82, 2.24) is 4.98 Å². The molecule has 0 saturated carbocycles. The maximum absolute atomic E-state index is 8.70. The normalized spacial score (nSPS) is 20.4. The summed E-state index contributed by atoms with van der Waals surface area (Å²) in [4.78, 5) is 4.09. The van der Waals surface area contributed by atoms with E-state index < -0.39 is 0 Å². The quantitative estimate of drug-likeness (QED) is 0.362. The first-order chi connectivity index (χ1) is 9.31. The molecule has 1 aromatic rings. The first-order valence-electron chi connectivity index (χ1n) is 6.42. The molecular weight excluding hydrogens is 246 g/mol. The third kappa shape index (κ3) is 3.90. The molecule has 6 heteroatoms. The van der Waals surface area contributed by atoms with Crippen LogP contribution in [-0.2, 0) is 16.1 Å². The van der Waals surface area contributed by atoms with Gasteiger partial charge in [-0.25, -0.2) is 0 Å². The summed E-state index contributed by atoms with van der Waals surface area (Å²) >= 11 is 0. The van der Waals surface area contributed by atoms with E-state index in [9.17, 15) is 0 Å². The van der Waals surface area contributed by atoms with E-state index in [1.165, 1.54) is 6.42 Å². The second-order valence-electron chi connectivity index (χ2n) is 4.50. The van der Waals surface area contributed by atoms with Crippen LogP contribution >= 0.6 is 0 Å². The summed E-state index contributed by atoms with van der Waals surface area (Å²) < 4.78 is 11.2. The van der Waals surface area contributed by atoms with Crippen LogP contribution in [0, 0.1) is 0 Å². The fourth-order valence-corrected chi connectivity index (χ4v) is 2.07. The number of ether oxygens (including phenoxy) is 2. The van der Waals surface area contributed by atoms with E-state index in [1.54, 1.807) is 12.3 Å². The fourth-order valence-electron chi connectivity index (χ4n) is 2.07. The van der Waals surface area contributed by atoms with Crippen molar-refractivity contribution in [3.05, 3.63) is 29.6 Å². The molecule has 3 N–H and O–H groups in total. The lowest BCUT2D eigenvalue weighted by Crippen LogP contribution is -2.24. The largest absolute Gasteiger partial charge is 0.409 e. The molecule has 0 radical (unpaired) electrons. The Balaban J connectivity index is 1.88. The third-order valence-electron chi connectivity index (χ3n) is 3.08. The van der Waals surface area contributed by atoms with Gasteiger partial charge in [0.2, 0.25) is 0 Å². The number of oxime groups is 1. The topological polar surface area (TPSA) is 90.0 Å². The van der Waals surface area contributed by atoms with Crippen molar-refractivity contribution in [2.24, 2.45) is 10.9 Å². The highest BCUT2D eigenvalue weighted by Crippen LogP contribution is 2.14. The minimum Gasteiger partial charge on any atom is -0.409 e. The van der Waals surface area contributed by atoms with E-state index in [4.69, 9.17) is 20.4 Å². The van der Waals surface area contributed by atoms with Gasteiger partial charge in [0.25, 0.3) is 0 Å². The second kappa shape index (κ2) is 7.06. The number of rotatable bonds is 5. The van der Waals surface area contributed by atoms with Gasteiger partial charge in [0.1, 0.15) is 5.69 Å². The van der Waals surface area contributed by atoms with E-state index in [1.807, 2.05) is 6.07 Å². The van der Waals surface area contributed by atoms with Crippen LogP contribution in [-0.4, -0.2) is 35.3 Å². The van der Waals surface area contributed by atoms with Crippen molar-refractivity contribution in [3.63, 3.8) is 0 Å². The Morgan fingerprint density at radius 2 is 2.47 bits per heavy atom. The van der Waals surface area contributed by atoms with Crippen LogP contribution in [0.3, 0.4) is 0 Å². The zero-order valence-corrected chi connectivity index (χ0v) is 10.8. The lowest BCUT2D eigenvalue weighted by Gasteiger charge is -2.22. The maximum Gasteiger partial charge on any atom is 0.189 e. The Hall–Kier alpha value is -1.66. The Labute approximate surface area is 112 Å². The summed E-state index contributed by atoms with van der Waals surface area (Å²) in [6.45, 7) is 1.75. The first-order valence-corrected chi connectivity index (χ1v) is 6.42. The van der Waals surface area contributed by atoms with Crippen LogP contribution in [0.4, 0.5) is 0 Å². The fraction of sp³-hybridized carbons (Fsp3) is 0.538. The molecule has 1 aliphatic rings. The highest BCUT2D eigenvalue weighted by Gasteiger charge is 2.14. The van der Waals surface area contributed by atoms with Gasteiger partial charge >= 0.3 is 0 Å². The van der Waals surface area contributed by atoms with Crippen LogP contribution < -0.4 is 5.73 Å². The minimum absolute atomic E-state index is 0.00637. The first kappa shape index (κ1) is 13.8. The van der Waals surface area contributed by atoms with Crippen LogP contribution in [0.25, 0.3) is 0 Å². The monoisotopic (exact) mass is 265 g/mol. The maximum atomic E-state index is 8.70. The van der Waals surface area contributed by atoms with Crippen molar-refractivity contribution in [3.8, 4) is 0 Å². The molecule has 0 amide bonds. The molecule has 1 saturated heterocycles. The van der Waals surface area contributed by atoms with Gasteiger partial charge in [-0.1, -0.05) is 11.2 Å². The van der Waals surface area contributed by atoms with Gasteiger partial charge in [-0.2, -0.15) is 0 Å². The standard InChI is InChI=1S/C13H19N3O3/c14-13(16-17)12-10(4-3-6-15-12)8-18-9-11-5-1-2-7-19-11/h3-4,6,11,17H,1-2,5,7-9H2,(H2,14,16). The predicted octanol–water partition coefficient (Wildman–Crippen LogP) is 1.26. The second-order valence-corrected chi connectivity index (χ2v) is 4.50. The zero-order valence-electron chi connectivity index (χ0n) is 10.8. The molecule has 104 valence electrons. The summed E-state index contributed by atoms with van der Waals surface area (Å²) in [7, 11) is 0. The summed E-state index contributed by atoms with van der Waals surface area (Å²) in [6, 6.07) is 3.64. The van der Waals surface area contributed by atoms with Crippen LogP contribution in [0.2, 0.25) is 0 Å². The van der Waals surface area contributed by atoms with E-state index >= 15 is 0 Å². The number of nitrogens with zero attached hydrogens (tertiary/aromatic N) is 2. The molecule has 2 heterocycles. The molecule has 1 aromatic heterocycles. The van der Waals surface area contributed by atoms with Gasteiger partial charge in [-0.15, -0.1) is 0 Å². The lowest BCUT2D eigenvalue weighted by molar-refractivity contribution is -0.0448. The van der Waals surface area contributed by atoms with Gasteiger partial charge in [0, 0.05) is 18.4 Å². The van der Waals surface area contributed by atoms with E-state index in [0.29, 0.717) is 18.9 Å². The van der Waals surface area contributed by atoms with Crippen molar-refractivity contribution in [2.75, 3.05) is 13.2 Å². The average Bonchev–Trinajstić information content (AvgIpc) is 2.48. The number of pyridine rings is 1. The summed E-state index contributed by atoms with van der Waals surface area (Å²) in [5.74, 6) is -0.00637. The number of aromatic nitrogens is 1. The molecule has 0 aliphatic carbocycles. The molecule has 19 heavy (non-hydrogen) atoms.